The van der Waals surface area contributed by atoms with Crippen LogP contribution in [0, 0.1) is 0 Å². The molecule has 1 unspecified atom stereocenters. The fourth-order valence-electron chi connectivity index (χ4n) is 4.46. The van der Waals surface area contributed by atoms with E-state index in [0.29, 0.717) is 45.0 Å². The van der Waals surface area contributed by atoms with E-state index in [1.807, 2.05) is 24.3 Å². The lowest BCUT2D eigenvalue weighted by atomic mass is 10.1. The van der Waals surface area contributed by atoms with Crippen LogP contribution in [0.3, 0.4) is 0 Å². The fourth-order valence-corrected chi connectivity index (χ4v) is 4.46. The monoisotopic (exact) mass is 548 g/mol. The summed E-state index contributed by atoms with van der Waals surface area (Å²) in [5, 5.41) is 2.68. The molecule has 4 rings (SSSR count). The van der Waals surface area contributed by atoms with E-state index in [-0.39, 0.29) is 36.3 Å². The normalized spacial score (nSPS) is 18.6. The number of carbonyl (C=O) groups is 2. The molecule has 2 aromatic rings. The molecule has 2 fully saturated rings. The minimum absolute atomic E-state index is 0. The van der Waals surface area contributed by atoms with Crippen LogP contribution in [0.4, 0.5) is 10.6 Å². The van der Waals surface area contributed by atoms with Gasteiger partial charge in [-0.05, 0) is 37.6 Å². The summed E-state index contributed by atoms with van der Waals surface area (Å²) in [7, 11) is 0. The molecule has 2 aliphatic rings. The van der Waals surface area contributed by atoms with E-state index in [0.717, 1.165) is 25.2 Å². The molecular weight excluding hydrogens is 512 g/mol. The average molecular weight is 549 g/mol. The van der Waals surface area contributed by atoms with Gasteiger partial charge in [0.05, 0.1) is 23.9 Å². The van der Waals surface area contributed by atoms with Crippen molar-refractivity contribution >= 4 is 30.2 Å². The third-order valence-electron chi connectivity index (χ3n) is 6.55. The van der Waals surface area contributed by atoms with Gasteiger partial charge in [-0.15, -0.1) is 12.4 Å². The van der Waals surface area contributed by atoms with Gasteiger partial charge in [0.15, 0.2) is 0 Å². The Hall–Kier alpha value is -3.03. The number of rotatable bonds is 6. The first-order valence-electron chi connectivity index (χ1n) is 12.5. The summed E-state index contributed by atoms with van der Waals surface area (Å²) in [6, 6.07) is 8.95. The zero-order valence-electron chi connectivity index (χ0n) is 21.8. The molecular formula is C25H37ClN8O4. The molecule has 0 spiro atoms. The SMILES string of the molecule is CC(C)(N)C(=O)N1CCN(C(=O)Nc2ccn(-c3ccc(CN4CCOC(CN)C4)cc3)c(=O)n2)CC1.Cl. The number of carbonyl (C=O) groups excluding carboxylic acids is 2. The Morgan fingerprint density at radius 3 is 2.34 bits per heavy atom. The molecule has 2 saturated heterocycles. The predicted molar refractivity (Wildman–Crippen MR) is 147 cm³/mol. The van der Waals surface area contributed by atoms with Crippen LogP contribution in [0.25, 0.3) is 5.69 Å². The number of benzene rings is 1. The first-order chi connectivity index (χ1) is 17.6. The van der Waals surface area contributed by atoms with E-state index >= 15 is 0 Å². The average Bonchev–Trinajstić information content (AvgIpc) is 2.88. The van der Waals surface area contributed by atoms with Gasteiger partial charge in [-0.3, -0.25) is 19.6 Å². The molecule has 0 radical (unpaired) electrons. The smallest absolute Gasteiger partial charge is 0.354 e. The van der Waals surface area contributed by atoms with Gasteiger partial charge >= 0.3 is 11.7 Å². The Balaban J connectivity index is 0.00000400. The van der Waals surface area contributed by atoms with E-state index in [1.54, 1.807) is 35.9 Å². The summed E-state index contributed by atoms with van der Waals surface area (Å²) in [6.07, 6.45) is 1.65. The molecule has 1 atom stereocenters. The van der Waals surface area contributed by atoms with Crippen molar-refractivity contribution in [2.45, 2.75) is 32.0 Å². The number of anilines is 1. The zero-order chi connectivity index (χ0) is 26.6. The molecule has 12 nitrogen and oxygen atoms in total. The number of nitrogens with one attached hydrogen (secondary N) is 1. The van der Waals surface area contributed by atoms with Crippen LogP contribution < -0.4 is 22.5 Å². The van der Waals surface area contributed by atoms with Crippen molar-refractivity contribution in [3.63, 3.8) is 0 Å². The van der Waals surface area contributed by atoms with Crippen LogP contribution in [0.5, 0.6) is 0 Å². The number of urea groups is 1. The lowest BCUT2D eigenvalue weighted by Gasteiger charge is -2.37. The number of nitrogens with zero attached hydrogens (tertiary/aromatic N) is 5. The molecule has 13 heteroatoms. The third kappa shape index (κ3) is 7.29. The largest absolute Gasteiger partial charge is 0.374 e. The molecule has 5 N–H and O–H groups in total. The maximum atomic E-state index is 12.7. The third-order valence-corrected chi connectivity index (χ3v) is 6.55. The summed E-state index contributed by atoms with van der Waals surface area (Å²) >= 11 is 0. The number of morpholine rings is 1. The van der Waals surface area contributed by atoms with Crippen molar-refractivity contribution in [1.29, 1.82) is 0 Å². The van der Waals surface area contributed by atoms with E-state index in [1.165, 1.54) is 4.57 Å². The lowest BCUT2D eigenvalue weighted by molar-refractivity contribution is -0.137. The van der Waals surface area contributed by atoms with E-state index < -0.39 is 11.2 Å². The molecule has 208 valence electrons. The Bertz CT molecular complexity index is 1160. The maximum Gasteiger partial charge on any atom is 0.354 e. The van der Waals surface area contributed by atoms with Gasteiger partial charge in [0.25, 0.3) is 0 Å². The van der Waals surface area contributed by atoms with Crippen LogP contribution >= 0.6 is 12.4 Å². The first kappa shape index (κ1) is 29.5. The second-order valence-corrected chi connectivity index (χ2v) is 10.0. The highest BCUT2D eigenvalue weighted by molar-refractivity contribution is 5.89. The van der Waals surface area contributed by atoms with Crippen molar-refractivity contribution in [1.82, 2.24) is 24.3 Å². The minimum atomic E-state index is -0.949. The van der Waals surface area contributed by atoms with Crippen LogP contribution in [0.1, 0.15) is 19.4 Å². The second kappa shape index (κ2) is 12.7. The van der Waals surface area contributed by atoms with E-state index in [4.69, 9.17) is 16.2 Å². The first-order valence-corrected chi connectivity index (χ1v) is 12.5. The Morgan fingerprint density at radius 2 is 1.74 bits per heavy atom. The number of ether oxygens (including phenoxy) is 1. The summed E-state index contributed by atoms with van der Waals surface area (Å²) in [6.45, 7) is 8.49. The molecule has 2 aliphatic heterocycles. The van der Waals surface area contributed by atoms with Gasteiger partial charge in [0.2, 0.25) is 5.91 Å². The molecule has 0 saturated carbocycles. The standard InChI is InChI=1S/C25H36N8O4.ClH/c1-25(2,27)22(34)31-9-11-32(12-10-31)23(35)28-21-7-8-33(24(36)29-21)19-5-3-18(4-6-19)16-30-13-14-37-20(15-26)17-30;/h3-8,20H,9-17,26-27H2,1-2H3,(H,28,29,35,36);1H. The van der Waals surface area contributed by atoms with Gasteiger partial charge in [-0.1, -0.05) is 12.1 Å². The number of halogens is 1. The van der Waals surface area contributed by atoms with E-state index in [9.17, 15) is 14.4 Å². The van der Waals surface area contributed by atoms with Crippen molar-refractivity contribution in [2.24, 2.45) is 11.5 Å². The van der Waals surface area contributed by atoms with Crippen LogP contribution in [0.15, 0.2) is 41.3 Å². The molecule has 1 aromatic carbocycles. The zero-order valence-corrected chi connectivity index (χ0v) is 22.7. The number of hydrogen-bond donors (Lipinski definition) is 3. The van der Waals surface area contributed by atoms with Crippen molar-refractivity contribution < 1.29 is 14.3 Å². The highest BCUT2D eigenvalue weighted by Crippen LogP contribution is 2.14. The number of piperazine rings is 1. The fraction of sp³-hybridized carbons (Fsp3) is 0.520. The molecule has 0 bridgehead atoms. The van der Waals surface area contributed by atoms with Crippen LogP contribution in [0.2, 0.25) is 0 Å². The van der Waals surface area contributed by atoms with E-state index in [2.05, 4.69) is 15.2 Å². The molecule has 0 aliphatic carbocycles. The van der Waals surface area contributed by atoms with Crippen molar-refractivity contribution in [3.8, 4) is 5.69 Å². The van der Waals surface area contributed by atoms with Gasteiger partial charge in [-0.25, -0.2) is 9.59 Å². The number of aromatic nitrogens is 2. The maximum absolute atomic E-state index is 12.7. The Morgan fingerprint density at radius 1 is 1.08 bits per heavy atom. The molecule has 3 amide bonds. The summed E-state index contributed by atoms with van der Waals surface area (Å²) in [5.41, 5.74) is 12.0. The minimum Gasteiger partial charge on any atom is -0.374 e. The number of amides is 3. The van der Waals surface area contributed by atoms with Crippen LogP contribution in [-0.4, -0.2) is 100 Å². The second-order valence-electron chi connectivity index (χ2n) is 10.0. The summed E-state index contributed by atoms with van der Waals surface area (Å²) < 4.78 is 7.05. The lowest BCUT2D eigenvalue weighted by Crippen LogP contribution is -2.58. The molecule has 1 aromatic heterocycles. The predicted octanol–water partition coefficient (Wildman–Crippen LogP) is 0.227. The quantitative estimate of drug-likeness (QED) is 0.464. The van der Waals surface area contributed by atoms with Gasteiger partial charge in [-0.2, -0.15) is 4.98 Å². The van der Waals surface area contributed by atoms with Gasteiger partial charge < -0.3 is 26.0 Å². The topological polar surface area (TPSA) is 152 Å². The van der Waals surface area contributed by atoms with Gasteiger partial charge in [0, 0.05) is 58.6 Å². The number of hydrogen-bond acceptors (Lipinski definition) is 8. The van der Waals surface area contributed by atoms with Crippen LogP contribution in [-0.2, 0) is 16.1 Å². The summed E-state index contributed by atoms with van der Waals surface area (Å²) in [5.74, 6) is 0.0263. The van der Waals surface area contributed by atoms with Gasteiger partial charge in [0.1, 0.15) is 5.82 Å². The highest BCUT2D eigenvalue weighted by atomic mass is 35.5. The van der Waals surface area contributed by atoms with Crippen molar-refractivity contribution in [3.05, 3.63) is 52.6 Å². The summed E-state index contributed by atoms with van der Waals surface area (Å²) in [4.78, 5) is 47.3. The molecule has 38 heavy (non-hydrogen) atoms. The highest BCUT2D eigenvalue weighted by Gasteiger charge is 2.31. The Kier molecular flexibility index (Phi) is 9.85. The van der Waals surface area contributed by atoms with Crippen molar-refractivity contribution in [2.75, 3.05) is 57.7 Å². The Labute approximate surface area is 228 Å². The number of nitrogens with two attached hydrogens (primary N) is 2. The molecule has 3 heterocycles.